The van der Waals surface area contributed by atoms with Gasteiger partial charge in [-0.1, -0.05) is 37.6 Å². The minimum atomic E-state index is -3.89. The summed E-state index contributed by atoms with van der Waals surface area (Å²) in [4.78, 5) is 0. The number of benzene rings is 1. The topological polar surface area (TPSA) is 18.5 Å². The van der Waals surface area contributed by atoms with E-state index in [1.807, 2.05) is 0 Å². The molecule has 3 rings (SSSR count). The van der Waals surface area contributed by atoms with Crippen LogP contribution in [0.5, 0.6) is 5.75 Å². The fraction of sp³-hybridized carbons (Fsp3) is 0.667. The van der Waals surface area contributed by atoms with Crippen molar-refractivity contribution in [2.75, 3.05) is 6.61 Å². The second-order valence-corrected chi connectivity index (χ2v) is 10.3. The van der Waals surface area contributed by atoms with Crippen LogP contribution in [0.3, 0.4) is 0 Å². The van der Waals surface area contributed by atoms with Crippen LogP contribution in [0, 0.1) is 29.4 Å². The lowest BCUT2D eigenvalue weighted by atomic mass is 9.81. The molecule has 0 bridgehead atoms. The van der Waals surface area contributed by atoms with Crippen molar-refractivity contribution in [3.8, 4) is 5.75 Å². The highest BCUT2D eigenvalue weighted by Gasteiger charge is 2.41. The van der Waals surface area contributed by atoms with E-state index in [0.717, 1.165) is 43.7 Å². The monoisotopic (exact) mass is 510 g/mol. The predicted molar refractivity (Wildman–Crippen MR) is 136 cm³/mol. The molecule has 0 atom stereocenters. The summed E-state index contributed by atoms with van der Waals surface area (Å²) in [6.07, 6.45) is 17.0. The van der Waals surface area contributed by atoms with Crippen LogP contribution < -0.4 is 4.74 Å². The van der Waals surface area contributed by atoms with E-state index in [4.69, 9.17) is 9.47 Å². The Labute approximate surface area is 214 Å². The number of halogens is 4. The average Bonchev–Trinajstić information content (AvgIpc) is 2.86. The fourth-order valence-corrected chi connectivity index (χ4v) is 5.44. The number of hydrogen-bond acceptors (Lipinski definition) is 2. The molecular weight excluding hydrogens is 468 g/mol. The van der Waals surface area contributed by atoms with E-state index in [0.29, 0.717) is 24.7 Å². The van der Waals surface area contributed by atoms with Crippen molar-refractivity contribution in [1.82, 2.24) is 0 Å². The van der Waals surface area contributed by atoms with Crippen molar-refractivity contribution in [3.05, 3.63) is 53.6 Å². The molecule has 0 N–H and O–H groups in total. The summed E-state index contributed by atoms with van der Waals surface area (Å²) in [6.45, 7) is 3.92. The Hall–Kier alpha value is -1.82. The number of ether oxygens (including phenoxy) is 2. The van der Waals surface area contributed by atoms with Crippen molar-refractivity contribution in [2.45, 2.75) is 103 Å². The van der Waals surface area contributed by atoms with Gasteiger partial charge in [0.25, 0.3) is 0 Å². The first-order valence-corrected chi connectivity index (χ1v) is 13.8. The van der Waals surface area contributed by atoms with Gasteiger partial charge in [-0.15, -0.1) is 0 Å². The minimum absolute atomic E-state index is 0.111. The third-order valence-corrected chi connectivity index (χ3v) is 7.60. The molecule has 202 valence electrons. The lowest BCUT2D eigenvalue weighted by Crippen LogP contribution is -2.30. The molecule has 0 heterocycles. The zero-order valence-electron chi connectivity index (χ0n) is 21.8. The minimum Gasteiger partial charge on any atom is -0.491 e. The van der Waals surface area contributed by atoms with E-state index in [9.17, 15) is 17.6 Å². The van der Waals surface area contributed by atoms with Gasteiger partial charge in [0.15, 0.2) is 11.6 Å². The van der Waals surface area contributed by atoms with Gasteiger partial charge in [0, 0.05) is 0 Å². The van der Waals surface area contributed by atoms with Crippen LogP contribution in [0.25, 0.3) is 0 Å². The van der Waals surface area contributed by atoms with E-state index in [1.54, 1.807) is 6.92 Å². The Balaban J connectivity index is 1.37. The maximum Gasteiger partial charge on any atom is 0.386 e. The van der Waals surface area contributed by atoms with Crippen LogP contribution in [0.4, 0.5) is 17.6 Å². The van der Waals surface area contributed by atoms with Crippen LogP contribution >= 0.6 is 0 Å². The summed E-state index contributed by atoms with van der Waals surface area (Å²) in [5.74, 6) is -1.49. The summed E-state index contributed by atoms with van der Waals surface area (Å²) in [6, 6.07) is 1.87. The summed E-state index contributed by atoms with van der Waals surface area (Å²) < 4.78 is 67.5. The lowest BCUT2D eigenvalue weighted by molar-refractivity contribution is -0.279. The van der Waals surface area contributed by atoms with Crippen LogP contribution in [0.1, 0.15) is 96.5 Å². The molecule has 1 aromatic carbocycles. The van der Waals surface area contributed by atoms with Crippen LogP contribution in [-0.2, 0) is 10.8 Å². The van der Waals surface area contributed by atoms with Gasteiger partial charge in [0.1, 0.15) is 0 Å². The molecule has 0 unspecified atom stereocenters. The lowest BCUT2D eigenvalue weighted by Gasteiger charge is -2.31. The summed E-state index contributed by atoms with van der Waals surface area (Å²) in [5.41, 5.74) is -1.08. The SMILES string of the molecule is CCC/C=C/C1CCC(/C=C/CCC2CCC(OC(F)(F)c3ccc(OCC)c(F)c3F)CC2)CC1. The largest absolute Gasteiger partial charge is 0.491 e. The Morgan fingerprint density at radius 1 is 0.833 bits per heavy atom. The summed E-state index contributed by atoms with van der Waals surface area (Å²) in [5, 5.41) is 0. The van der Waals surface area contributed by atoms with Crippen LogP contribution in [0.15, 0.2) is 36.4 Å². The molecule has 0 amide bonds. The van der Waals surface area contributed by atoms with Crippen molar-refractivity contribution >= 4 is 0 Å². The first-order valence-electron chi connectivity index (χ1n) is 13.8. The zero-order valence-corrected chi connectivity index (χ0v) is 21.8. The third-order valence-electron chi connectivity index (χ3n) is 7.60. The van der Waals surface area contributed by atoms with Gasteiger partial charge in [0.2, 0.25) is 5.82 Å². The Bertz CT molecular complexity index is 851. The highest BCUT2D eigenvalue weighted by molar-refractivity contribution is 5.32. The predicted octanol–water partition coefficient (Wildman–Crippen LogP) is 9.49. The normalized spacial score (nSPS) is 25.6. The van der Waals surface area contributed by atoms with E-state index in [-0.39, 0.29) is 12.4 Å². The molecule has 2 saturated carbocycles. The Morgan fingerprint density at radius 2 is 1.44 bits per heavy atom. The second kappa shape index (κ2) is 14.2. The number of allylic oxidation sites excluding steroid dienone is 4. The summed E-state index contributed by atoms with van der Waals surface area (Å²) >= 11 is 0. The van der Waals surface area contributed by atoms with Gasteiger partial charge in [-0.25, -0.2) is 4.39 Å². The summed E-state index contributed by atoms with van der Waals surface area (Å²) in [7, 11) is 0. The first kappa shape index (κ1) is 28.7. The molecule has 36 heavy (non-hydrogen) atoms. The van der Waals surface area contributed by atoms with Gasteiger partial charge in [0.05, 0.1) is 18.3 Å². The first-order chi connectivity index (χ1) is 17.3. The number of rotatable bonds is 12. The second-order valence-electron chi connectivity index (χ2n) is 10.3. The Morgan fingerprint density at radius 3 is 2.03 bits per heavy atom. The quantitative estimate of drug-likeness (QED) is 0.206. The van der Waals surface area contributed by atoms with Crippen molar-refractivity contribution < 1.29 is 27.0 Å². The zero-order chi connectivity index (χ0) is 26.0. The molecule has 0 saturated heterocycles. The van der Waals surface area contributed by atoms with Crippen molar-refractivity contribution in [3.63, 3.8) is 0 Å². The number of hydrogen-bond donors (Lipinski definition) is 0. The van der Waals surface area contributed by atoms with E-state index >= 15 is 0 Å². The van der Waals surface area contributed by atoms with Gasteiger partial charge in [-0.2, -0.15) is 13.2 Å². The molecule has 0 spiro atoms. The molecule has 2 aliphatic rings. The molecule has 0 radical (unpaired) electrons. The number of unbranched alkanes of at least 4 members (excludes halogenated alkanes) is 1. The fourth-order valence-electron chi connectivity index (χ4n) is 5.44. The molecular formula is C30H42F4O2. The van der Waals surface area contributed by atoms with Gasteiger partial charge >= 0.3 is 6.11 Å². The highest BCUT2D eigenvalue weighted by Crippen LogP contribution is 2.39. The Kier molecular flexibility index (Phi) is 11.3. The van der Waals surface area contributed by atoms with E-state index < -0.39 is 29.4 Å². The maximum atomic E-state index is 14.6. The molecule has 1 aromatic rings. The molecule has 6 heteroatoms. The van der Waals surface area contributed by atoms with Gasteiger partial charge in [-0.3, -0.25) is 0 Å². The molecule has 2 aliphatic carbocycles. The third kappa shape index (κ3) is 8.36. The molecule has 0 aliphatic heterocycles. The molecule has 0 aromatic heterocycles. The van der Waals surface area contributed by atoms with E-state index in [2.05, 4.69) is 31.2 Å². The van der Waals surface area contributed by atoms with Gasteiger partial charge in [-0.05, 0) is 107 Å². The molecule has 2 nitrogen and oxygen atoms in total. The van der Waals surface area contributed by atoms with Crippen molar-refractivity contribution in [1.29, 1.82) is 0 Å². The molecule has 2 fully saturated rings. The van der Waals surface area contributed by atoms with Crippen LogP contribution in [-0.4, -0.2) is 12.7 Å². The highest BCUT2D eigenvalue weighted by atomic mass is 19.3. The van der Waals surface area contributed by atoms with Gasteiger partial charge < -0.3 is 9.47 Å². The smallest absolute Gasteiger partial charge is 0.386 e. The maximum absolute atomic E-state index is 14.6. The number of alkyl halides is 2. The average molecular weight is 511 g/mol. The van der Waals surface area contributed by atoms with Crippen LogP contribution in [0.2, 0.25) is 0 Å². The standard InChI is InChI=1S/C30H42F4O2/c1-3-5-6-9-22-12-14-23(15-13-22)10-7-8-11-24-16-18-25(19-17-24)36-30(33,34)26-20-21-27(35-4-2)29(32)28(26)31/h6-7,9-10,20-25H,3-5,8,11-19H2,1-2H3/b9-6+,10-7+. The van der Waals surface area contributed by atoms with E-state index in [1.165, 1.54) is 38.5 Å². The van der Waals surface area contributed by atoms with Crippen molar-refractivity contribution in [2.24, 2.45) is 17.8 Å².